The van der Waals surface area contributed by atoms with Gasteiger partial charge in [-0.05, 0) is 49.1 Å². The van der Waals surface area contributed by atoms with Gasteiger partial charge in [0.05, 0.1) is 7.11 Å². The Morgan fingerprint density at radius 2 is 2.10 bits per heavy atom. The largest absolute Gasteiger partial charge is 0.497 e. The maximum Gasteiger partial charge on any atom is 0.265 e. The summed E-state index contributed by atoms with van der Waals surface area (Å²) in [6.07, 6.45) is 1.99. The van der Waals surface area contributed by atoms with Gasteiger partial charge in [-0.1, -0.05) is 17.8 Å². The summed E-state index contributed by atoms with van der Waals surface area (Å²) in [5, 5.41) is 7.07. The van der Waals surface area contributed by atoms with E-state index in [4.69, 9.17) is 4.74 Å². The minimum Gasteiger partial charge on any atom is -0.497 e. The topological polar surface area (TPSA) is 64.1 Å². The van der Waals surface area contributed by atoms with Crippen molar-refractivity contribution in [1.29, 1.82) is 0 Å². The van der Waals surface area contributed by atoms with Crippen LogP contribution in [0.4, 0.5) is 0 Å². The predicted molar refractivity (Wildman–Crippen MR) is 83.7 cm³/mol. The number of nitrogens with one attached hydrogen (secondary N) is 1. The van der Waals surface area contributed by atoms with E-state index in [1.54, 1.807) is 7.11 Å². The van der Waals surface area contributed by atoms with E-state index >= 15 is 0 Å². The summed E-state index contributed by atoms with van der Waals surface area (Å²) >= 11 is 1.12. The van der Waals surface area contributed by atoms with Crippen LogP contribution in [0.25, 0.3) is 11.3 Å². The van der Waals surface area contributed by atoms with Crippen LogP contribution in [0, 0.1) is 0 Å². The van der Waals surface area contributed by atoms with Crippen LogP contribution < -0.4 is 10.1 Å². The number of carbonyl (C=O) groups is 1. The molecule has 0 aliphatic carbocycles. The Bertz CT molecular complexity index is 595. The first-order valence-corrected chi connectivity index (χ1v) is 7.70. The van der Waals surface area contributed by atoms with Gasteiger partial charge >= 0.3 is 0 Å². The number of hydrogen-bond donors (Lipinski definition) is 1. The molecule has 5 nitrogen and oxygen atoms in total. The molecule has 2 aromatic rings. The van der Waals surface area contributed by atoms with Crippen LogP contribution in [0.1, 0.15) is 36.4 Å². The summed E-state index contributed by atoms with van der Waals surface area (Å²) in [5.41, 5.74) is 1.47. The molecule has 0 fully saturated rings. The van der Waals surface area contributed by atoms with Crippen molar-refractivity contribution < 1.29 is 9.53 Å². The lowest BCUT2D eigenvalue weighted by Gasteiger charge is -2.12. The molecule has 1 aromatic carbocycles. The fourth-order valence-electron chi connectivity index (χ4n) is 2.07. The lowest BCUT2D eigenvalue weighted by atomic mass is 10.1. The zero-order valence-corrected chi connectivity index (χ0v) is 13.2. The maximum atomic E-state index is 12.3. The zero-order valence-electron chi connectivity index (χ0n) is 12.4. The van der Waals surface area contributed by atoms with Crippen molar-refractivity contribution in [3.63, 3.8) is 0 Å². The van der Waals surface area contributed by atoms with Crippen molar-refractivity contribution in [3.8, 4) is 17.0 Å². The molecule has 6 heteroatoms. The third-order valence-electron chi connectivity index (χ3n) is 3.16. The molecule has 0 bridgehead atoms. The smallest absolute Gasteiger partial charge is 0.265 e. The number of carbonyl (C=O) groups excluding carboxylic acids is 1. The molecule has 0 aliphatic heterocycles. The minimum atomic E-state index is -0.114. The number of aromatic nitrogens is 2. The van der Waals surface area contributed by atoms with E-state index in [2.05, 4.69) is 21.8 Å². The number of nitrogens with zero attached hydrogens (tertiary/aromatic N) is 2. The SMILES string of the molecule is CCC[C@H](C)NC(=O)c1snnc1-c1ccc(OC)cc1. The monoisotopic (exact) mass is 305 g/mol. The van der Waals surface area contributed by atoms with E-state index in [1.165, 1.54) is 0 Å². The van der Waals surface area contributed by atoms with Crippen LogP contribution in [0.15, 0.2) is 24.3 Å². The van der Waals surface area contributed by atoms with E-state index in [1.807, 2.05) is 31.2 Å². The van der Waals surface area contributed by atoms with Gasteiger partial charge < -0.3 is 10.1 Å². The fourth-order valence-corrected chi connectivity index (χ4v) is 2.66. The van der Waals surface area contributed by atoms with E-state index in [-0.39, 0.29) is 11.9 Å². The Balaban J connectivity index is 2.19. The van der Waals surface area contributed by atoms with Gasteiger partial charge in [0.15, 0.2) is 0 Å². The van der Waals surface area contributed by atoms with Gasteiger partial charge in [-0.15, -0.1) is 5.10 Å². The minimum absolute atomic E-state index is 0.114. The molecule has 21 heavy (non-hydrogen) atoms. The summed E-state index contributed by atoms with van der Waals surface area (Å²) in [4.78, 5) is 12.8. The highest BCUT2D eigenvalue weighted by molar-refractivity contribution is 7.08. The fraction of sp³-hybridized carbons (Fsp3) is 0.400. The Kier molecular flexibility index (Phi) is 5.27. The Hall–Kier alpha value is -1.95. The normalized spacial score (nSPS) is 12.0. The van der Waals surface area contributed by atoms with Crippen LogP contribution >= 0.6 is 11.5 Å². The van der Waals surface area contributed by atoms with Gasteiger partial charge in [0.2, 0.25) is 0 Å². The van der Waals surface area contributed by atoms with Crippen molar-refractivity contribution in [3.05, 3.63) is 29.1 Å². The number of rotatable bonds is 6. The standard InChI is InChI=1S/C15H19N3O2S/c1-4-5-10(2)16-15(19)14-13(17-18-21-14)11-6-8-12(20-3)9-7-11/h6-10H,4-5H2,1-3H3,(H,16,19)/t10-/m0/s1. The predicted octanol–water partition coefficient (Wildman–Crippen LogP) is 3.13. The molecular formula is C15H19N3O2S. The zero-order chi connectivity index (χ0) is 15.2. The van der Waals surface area contributed by atoms with Gasteiger partial charge in [-0.3, -0.25) is 4.79 Å². The molecular weight excluding hydrogens is 286 g/mol. The second kappa shape index (κ2) is 7.17. The molecule has 1 N–H and O–H groups in total. The average molecular weight is 305 g/mol. The third kappa shape index (κ3) is 3.78. The molecule has 0 spiro atoms. The Labute approximate surface area is 128 Å². The van der Waals surface area contributed by atoms with Crippen molar-refractivity contribution >= 4 is 17.4 Å². The summed E-state index contributed by atoms with van der Waals surface area (Å²) in [6.45, 7) is 4.10. The maximum absolute atomic E-state index is 12.3. The summed E-state index contributed by atoms with van der Waals surface area (Å²) in [7, 11) is 1.62. The van der Waals surface area contributed by atoms with Crippen molar-refractivity contribution in [2.45, 2.75) is 32.7 Å². The van der Waals surface area contributed by atoms with Crippen molar-refractivity contribution in [2.75, 3.05) is 7.11 Å². The summed E-state index contributed by atoms with van der Waals surface area (Å²) in [6, 6.07) is 7.59. The van der Waals surface area contributed by atoms with Gasteiger partial charge in [0.1, 0.15) is 16.3 Å². The molecule has 1 amide bonds. The molecule has 0 radical (unpaired) electrons. The Morgan fingerprint density at radius 3 is 2.71 bits per heavy atom. The molecule has 0 aliphatic rings. The van der Waals surface area contributed by atoms with E-state index in [0.717, 1.165) is 35.7 Å². The first-order valence-electron chi connectivity index (χ1n) is 6.93. The van der Waals surface area contributed by atoms with E-state index < -0.39 is 0 Å². The number of hydrogen-bond acceptors (Lipinski definition) is 5. The number of ether oxygens (including phenoxy) is 1. The van der Waals surface area contributed by atoms with Gasteiger partial charge in [-0.25, -0.2) is 0 Å². The summed E-state index contributed by atoms with van der Waals surface area (Å²) < 4.78 is 9.05. The third-order valence-corrected chi connectivity index (χ3v) is 3.88. The highest BCUT2D eigenvalue weighted by Gasteiger charge is 2.19. The van der Waals surface area contributed by atoms with Gasteiger partial charge in [0, 0.05) is 11.6 Å². The molecule has 1 heterocycles. The van der Waals surface area contributed by atoms with Crippen molar-refractivity contribution in [1.82, 2.24) is 14.9 Å². The lowest BCUT2D eigenvalue weighted by Crippen LogP contribution is -2.32. The lowest BCUT2D eigenvalue weighted by molar-refractivity contribution is 0.0943. The van der Waals surface area contributed by atoms with Crippen LogP contribution in [0.3, 0.4) is 0 Å². The van der Waals surface area contributed by atoms with Gasteiger partial charge in [0.25, 0.3) is 5.91 Å². The van der Waals surface area contributed by atoms with Crippen molar-refractivity contribution in [2.24, 2.45) is 0 Å². The molecule has 1 atom stereocenters. The number of amides is 1. The molecule has 0 saturated heterocycles. The molecule has 2 rings (SSSR count). The molecule has 0 saturated carbocycles. The van der Waals surface area contributed by atoms with Crippen LogP contribution in [-0.2, 0) is 0 Å². The Morgan fingerprint density at radius 1 is 1.38 bits per heavy atom. The molecule has 1 aromatic heterocycles. The first kappa shape index (κ1) is 15.4. The van der Waals surface area contributed by atoms with E-state index in [9.17, 15) is 4.79 Å². The number of benzene rings is 1. The first-order chi connectivity index (χ1) is 10.2. The summed E-state index contributed by atoms with van der Waals surface area (Å²) in [5.74, 6) is 0.654. The molecule has 112 valence electrons. The van der Waals surface area contributed by atoms with Crippen LogP contribution in [-0.4, -0.2) is 28.6 Å². The highest BCUT2D eigenvalue weighted by Crippen LogP contribution is 2.25. The van der Waals surface area contributed by atoms with Crippen LogP contribution in [0.2, 0.25) is 0 Å². The van der Waals surface area contributed by atoms with Gasteiger partial charge in [-0.2, -0.15) is 0 Å². The van der Waals surface area contributed by atoms with Crippen LogP contribution in [0.5, 0.6) is 5.75 Å². The second-order valence-corrected chi connectivity index (χ2v) is 5.60. The average Bonchev–Trinajstić information content (AvgIpc) is 2.97. The number of methoxy groups -OCH3 is 1. The second-order valence-electron chi connectivity index (χ2n) is 4.84. The van der Waals surface area contributed by atoms with E-state index in [0.29, 0.717) is 10.6 Å². The quantitative estimate of drug-likeness (QED) is 0.890. The molecule has 0 unspecified atom stereocenters. The highest BCUT2D eigenvalue weighted by atomic mass is 32.1.